The highest BCUT2D eigenvalue weighted by atomic mass is 19.4. The maximum atomic E-state index is 12.9. The molecule has 0 saturated heterocycles. The van der Waals surface area contributed by atoms with Crippen LogP contribution >= 0.6 is 0 Å². The van der Waals surface area contributed by atoms with Crippen molar-refractivity contribution in [1.29, 1.82) is 0 Å². The second-order valence-electron chi connectivity index (χ2n) is 5.18. The third kappa shape index (κ3) is 4.80. The topological polar surface area (TPSA) is 55.1 Å². The lowest BCUT2D eigenvalue weighted by molar-refractivity contribution is -0.138. The van der Waals surface area contributed by atoms with Crippen molar-refractivity contribution in [3.63, 3.8) is 0 Å². The quantitative estimate of drug-likeness (QED) is 0.820. The molecule has 0 saturated carbocycles. The van der Waals surface area contributed by atoms with Gasteiger partial charge < -0.3 is 11.1 Å². The van der Waals surface area contributed by atoms with Gasteiger partial charge in [0, 0.05) is 18.5 Å². The van der Waals surface area contributed by atoms with Crippen LogP contribution in [0, 0.1) is 5.82 Å². The van der Waals surface area contributed by atoms with E-state index in [2.05, 4.69) is 5.32 Å². The van der Waals surface area contributed by atoms with Crippen LogP contribution in [0.5, 0.6) is 0 Å². The number of benzene rings is 1. The first kappa shape index (κ1) is 16.4. The van der Waals surface area contributed by atoms with Crippen molar-refractivity contribution < 1.29 is 22.4 Å². The molecule has 0 unspecified atom stereocenters. The Morgan fingerprint density at radius 2 is 1.90 bits per heavy atom. The van der Waals surface area contributed by atoms with Crippen molar-refractivity contribution in [3.8, 4) is 0 Å². The summed E-state index contributed by atoms with van der Waals surface area (Å²) in [6, 6.07) is 2.50. The van der Waals surface area contributed by atoms with Crippen LogP contribution in [0.3, 0.4) is 0 Å². The Morgan fingerprint density at radius 3 is 2.40 bits per heavy atom. The monoisotopic (exact) mass is 292 g/mol. The summed E-state index contributed by atoms with van der Waals surface area (Å²) in [4.78, 5) is 10.8. The summed E-state index contributed by atoms with van der Waals surface area (Å²) in [6.07, 6.45) is -4.65. The minimum absolute atomic E-state index is 0.0183. The Kier molecular flexibility index (Phi) is 4.75. The normalized spacial score (nSPS) is 12.5. The first-order valence-electron chi connectivity index (χ1n) is 5.90. The molecule has 0 heterocycles. The van der Waals surface area contributed by atoms with Crippen molar-refractivity contribution >= 4 is 5.91 Å². The minimum atomic E-state index is -4.63. The molecule has 0 aliphatic carbocycles. The average Bonchev–Trinajstić information content (AvgIpc) is 2.24. The molecule has 0 bridgehead atoms. The molecule has 0 aliphatic heterocycles. The van der Waals surface area contributed by atoms with E-state index in [4.69, 9.17) is 5.73 Å². The fraction of sp³-hybridized carbons (Fsp3) is 0.462. The van der Waals surface area contributed by atoms with Crippen LogP contribution in [0.2, 0.25) is 0 Å². The van der Waals surface area contributed by atoms with Crippen molar-refractivity contribution in [3.05, 3.63) is 35.1 Å². The molecular formula is C13H16F4N2O. The van der Waals surface area contributed by atoms with Crippen LogP contribution in [0.15, 0.2) is 18.2 Å². The standard InChI is InChI=1S/C13H16F4N2O/c1-12(2,6-11(18)20)19-7-8-3-4-9(14)5-10(8)13(15,16)17/h3-5,19H,6-7H2,1-2H3,(H2,18,20). The maximum Gasteiger partial charge on any atom is 0.416 e. The van der Waals surface area contributed by atoms with Crippen LogP contribution in [0.25, 0.3) is 0 Å². The van der Waals surface area contributed by atoms with Gasteiger partial charge in [-0.3, -0.25) is 4.79 Å². The van der Waals surface area contributed by atoms with Crippen LogP contribution in [0.4, 0.5) is 17.6 Å². The highest BCUT2D eigenvalue weighted by Gasteiger charge is 2.34. The van der Waals surface area contributed by atoms with Gasteiger partial charge in [0.15, 0.2) is 0 Å². The van der Waals surface area contributed by atoms with E-state index < -0.39 is 29.0 Å². The van der Waals surface area contributed by atoms with Gasteiger partial charge in [-0.05, 0) is 31.5 Å². The SMILES string of the molecule is CC(C)(CC(N)=O)NCc1ccc(F)cc1C(F)(F)F. The van der Waals surface area contributed by atoms with Gasteiger partial charge in [-0.15, -0.1) is 0 Å². The molecule has 1 aromatic carbocycles. The Balaban J connectivity index is 2.91. The van der Waals surface area contributed by atoms with Crippen LogP contribution in [-0.2, 0) is 17.5 Å². The molecule has 3 N–H and O–H groups in total. The van der Waals surface area contributed by atoms with Crippen molar-refractivity contribution in [2.45, 2.75) is 38.5 Å². The van der Waals surface area contributed by atoms with Gasteiger partial charge in [-0.1, -0.05) is 6.07 Å². The van der Waals surface area contributed by atoms with E-state index in [0.29, 0.717) is 6.07 Å². The van der Waals surface area contributed by atoms with Gasteiger partial charge in [0.25, 0.3) is 0 Å². The first-order valence-corrected chi connectivity index (χ1v) is 5.90. The van der Waals surface area contributed by atoms with Gasteiger partial charge in [0.2, 0.25) is 5.91 Å². The Labute approximate surface area is 114 Å². The number of carbonyl (C=O) groups is 1. The molecule has 1 rings (SSSR count). The van der Waals surface area contributed by atoms with E-state index >= 15 is 0 Å². The average molecular weight is 292 g/mol. The number of rotatable bonds is 5. The highest BCUT2D eigenvalue weighted by Crippen LogP contribution is 2.32. The van der Waals surface area contributed by atoms with E-state index in [1.807, 2.05) is 0 Å². The number of alkyl halides is 3. The molecule has 0 aliphatic rings. The summed E-state index contributed by atoms with van der Waals surface area (Å²) < 4.78 is 51.3. The third-order valence-corrected chi connectivity index (χ3v) is 2.75. The van der Waals surface area contributed by atoms with Gasteiger partial charge in [0.05, 0.1) is 5.56 Å². The number of carbonyl (C=O) groups excluding carboxylic acids is 1. The highest BCUT2D eigenvalue weighted by molar-refractivity contribution is 5.75. The predicted molar refractivity (Wildman–Crippen MR) is 66.1 cm³/mol. The van der Waals surface area contributed by atoms with E-state index in [0.717, 1.165) is 12.1 Å². The molecule has 0 aromatic heterocycles. The van der Waals surface area contributed by atoms with Gasteiger partial charge in [0.1, 0.15) is 5.82 Å². The molecule has 112 valence electrons. The molecule has 0 fully saturated rings. The van der Waals surface area contributed by atoms with Gasteiger partial charge in [-0.2, -0.15) is 13.2 Å². The molecule has 0 radical (unpaired) electrons. The van der Waals surface area contributed by atoms with Crippen molar-refractivity contribution in [2.75, 3.05) is 0 Å². The predicted octanol–water partition coefficient (Wildman–Crippen LogP) is 2.59. The molecule has 20 heavy (non-hydrogen) atoms. The Hall–Kier alpha value is -1.63. The summed E-state index contributed by atoms with van der Waals surface area (Å²) >= 11 is 0. The van der Waals surface area contributed by atoms with Crippen molar-refractivity contribution in [2.24, 2.45) is 5.73 Å². The van der Waals surface area contributed by atoms with Crippen LogP contribution in [-0.4, -0.2) is 11.4 Å². The van der Waals surface area contributed by atoms with Gasteiger partial charge in [-0.25, -0.2) is 4.39 Å². The summed E-state index contributed by atoms with van der Waals surface area (Å²) in [7, 11) is 0. The van der Waals surface area contributed by atoms with Crippen LogP contribution in [0.1, 0.15) is 31.4 Å². The summed E-state index contributed by atoms with van der Waals surface area (Å²) in [6.45, 7) is 3.15. The van der Waals surface area contributed by atoms with E-state index in [-0.39, 0.29) is 18.5 Å². The zero-order chi connectivity index (χ0) is 15.6. The Bertz CT molecular complexity index is 498. The number of hydrogen-bond acceptors (Lipinski definition) is 2. The molecule has 1 aromatic rings. The Morgan fingerprint density at radius 1 is 1.30 bits per heavy atom. The minimum Gasteiger partial charge on any atom is -0.370 e. The third-order valence-electron chi connectivity index (χ3n) is 2.75. The van der Waals surface area contributed by atoms with E-state index in [9.17, 15) is 22.4 Å². The number of nitrogens with one attached hydrogen (secondary N) is 1. The summed E-state index contributed by atoms with van der Waals surface area (Å²) in [5.74, 6) is -1.50. The molecule has 3 nitrogen and oxygen atoms in total. The smallest absolute Gasteiger partial charge is 0.370 e. The lowest BCUT2D eigenvalue weighted by atomic mass is 9.99. The van der Waals surface area contributed by atoms with E-state index in [1.54, 1.807) is 13.8 Å². The fourth-order valence-electron chi connectivity index (χ4n) is 1.80. The first-order chi connectivity index (χ1) is 9.01. The van der Waals surface area contributed by atoms with E-state index in [1.165, 1.54) is 0 Å². The van der Waals surface area contributed by atoms with Gasteiger partial charge >= 0.3 is 6.18 Å². The lowest BCUT2D eigenvalue weighted by Gasteiger charge is -2.25. The number of hydrogen-bond donors (Lipinski definition) is 2. The molecular weight excluding hydrogens is 276 g/mol. The molecule has 7 heteroatoms. The molecule has 0 spiro atoms. The zero-order valence-corrected chi connectivity index (χ0v) is 11.1. The van der Waals surface area contributed by atoms with Crippen molar-refractivity contribution in [1.82, 2.24) is 5.32 Å². The number of halogens is 4. The molecule has 1 amide bonds. The second-order valence-corrected chi connectivity index (χ2v) is 5.18. The summed E-state index contributed by atoms with van der Waals surface area (Å²) in [5.41, 5.74) is 3.20. The summed E-state index contributed by atoms with van der Waals surface area (Å²) in [5, 5.41) is 2.82. The maximum absolute atomic E-state index is 12.9. The zero-order valence-electron chi connectivity index (χ0n) is 11.1. The second kappa shape index (κ2) is 5.78. The largest absolute Gasteiger partial charge is 0.416 e. The van der Waals surface area contributed by atoms with Crippen LogP contribution < -0.4 is 11.1 Å². The number of nitrogens with two attached hydrogens (primary N) is 1. The fourth-order valence-corrected chi connectivity index (χ4v) is 1.80. The molecule has 0 atom stereocenters. The number of primary amides is 1. The lowest BCUT2D eigenvalue weighted by Crippen LogP contribution is -2.42. The number of amides is 1.